The van der Waals surface area contributed by atoms with Gasteiger partial charge in [-0.15, -0.1) is 0 Å². The average Bonchev–Trinajstić information content (AvgIpc) is 3.37. The van der Waals surface area contributed by atoms with Crippen molar-refractivity contribution in [3.63, 3.8) is 0 Å². The number of carboxylic acid groups (broad SMARTS) is 1. The third kappa shape index (κ3) is 39.9. The monoisotopic (exact) mass is 1030 g/mol. The number of carbonyl (C=O) groups is 4. The molecular formula is C61H108O12. The van der Waals surface area contributed by atoms with Crippen LogP contribution in [0.1, 0.15) is 278 Å². The first-order valence-electron chi connectivity index (χ1n) is 30.0. The largest absolute Gasteiger partial charge is 0.479 e. The third-order valence-corrected chi connectivity index (χ3v) is 13.7. The van der Waals surface area contributed by atoms with Crippen LogP contribution < -0.4 is 0 Å². The minimum atomic E-state index is -1.90. The Morgan fingerprint density at radius 1 is 0.452 bits per heavy atom. The number of aliphatic hydroxyl groups is 2. The Morgan fingerprint density at radius 3 is 1.27 bits per heavy atom. The van der Waals surface area contributed by atoms with Crippen LogP contribution in [0.3, 0.4) is 0 Å². The molecule has 0 radical (unpaired) electrons. The highest BCUT2D eigenvalue weighted by Gasteiger charge is 2.50. The third-order valence-electron chi connectivity index (χ3n) is 13.7. The van der Waals surface area contributed by atoms with Gasteiger partial charge in [-0.2, -0.15) is 0 Å². The molecule has 1 aliphatic heterocycles. The summed E-state index contributed by atoms with van der Waals surface area (Å²) in [5, 5.41) is 31.5. The molecule has 0 aliphatic carbocycles. The van der Waals surface area contributed by atoms with Crippen molar-refractivity contribution >= 4 is 23.9 Å². The molecule has 73 heavy (non-hydrogen) atoms. The lowest BCUT2D eigenvalue weighted by molar-refractivity contribution is -0.301. The number of ether oxygens (including phenoxy) is 5. The number of hydrogen-bond acceptors (Lipinski definition) is 11. The van der Waals surface area contributed by atoms with Crippen LogP contribution in [0, 0.1) is 0 Å². The molecule has 1 rings (SSSR count). The predicted octanol–water partition coefficient (Wildman–Crippen LogP) is 15.2. The molecule has 12 nitrogen and oxygen atoms in total. The van der Waals surface area contributed by atoms with Gasteiger partial charge < -0.3 is 39.0 Å². The summed E-state index contributed by atoms with van der Waals surface area (Å²) in [6, 6.07) is 0. The number of aliphatic hydroxyl groups excluding tert-OH is 2. The Labute approximate surface area is 444 Å². The van der Waals surface area contributed by atoms with E-state index in [0.29, 0.717) is 19.3 Å². The highest BCUT2D eigenvalue weighted by atomic mass is 16.7. The Bertz CT molecular complexity index is 1410. The molecule has 12 heteroatoms. The summed E-state index contributed by atoms with van der Waals surface area (Å²) in [4.78, 5) is 51.1. The van der Waals surface area contributed by atoms with Crippen LogP contribution in [0.25, 0.3) is 0 Å². The van der Waals surface area contributed by atoms with Crippen LogP contribution >= 0.6 is 0 Å². The summed E-state index contributed by atoms with van der Waals surface area (Å²) >= 11 is 0. The summed E-state index contributed by atoms with van der Waals surface area (Å²) in [7, 11) is 0. The number of hydrogen-bond donors (Lipinski definition) is 3. The quantitative estimate of drug-likeness (QED) is 0.0228. The van der Waals surface area contributed by atoms with E-state index in [0.717, 1.165) is 109 Å². The smallest absolute Gasteiger partial charge is 0.335 e. The summed E-state index contributed by atoms with van der Waals surface area (Å²) in [5.41, 5.74) is 0. The standard InChI is InChI=1S/C61H108O12/c1-4-7-10-13-16-19-22-25-27-30-32-35-38-41-44-47-53(62)69-50-52(71-54(63)48-45-42-39-36-34-31-28-26-23-20-17-14-11-8-5-2)51-70-61-59(57(66)56(65)58(73-61)60(67)68)72-55(64)49-46-43-40-37-33-29-24-21-18-15-12-9-6-3/h16,19,25-28,52,56-59,61,65-66H,4-15,17-18,20-24,29-51H2,1-3H3,(H,67,68)/b19-16-,27-25-,28-26-. The van der Waals surface area contributed by atoms with Gasteiger partial charge in [0.1, 0.15) is 18.8 Å². The van der Waals surface area contributed by atoms with Gasteiger partial charge in [-0.25, -0.2) is 4.79 Å². The molecule has 0 aromatic rings. The fourth-order valence-electron chi connectivity index (χ4n) is 9.04. The SMILES string of the molecule is CCCCC/C=C\C/C=C\CCCCCCCC(=O)OCC(COC1OC(C(=O)O)C(O)C(O)C1OC(=O)CCCCCCCCCCCCCCC)OC(=O)CCCCCCC/C=C\CCCCCCCC. The fourth-order valence-corrected chi connectivity index (χ4v) is 9.04. The summed E-state index contributed by atoms with van der Waals surface area (Å²) in [5.74, 6) is -3.12. The van der Waals surface area contributed by atoms with Crippen LogP contribution in [-0.4, -0.2) is 89.2 Å². The van der Waals surface area contributed by atoms with Crippen LogP contribution in [0.15, 0.2) is 36.5 Å². The number of carboxylic acids is 1. The van der Waals surface area contributed by atoms with E-state index >= 15 is 0 Å². The van der Waals surface area contributed by atoms with Gasteiger partial charge in [0, 0.05) is 19.3 Å². The molecule has 3 N–H and O–H groups in total. The Hall–Kier alpha value is -3.06. The van der Waals surface area contributed by atoms with Crippen LogP contribution in [0.5, 0.6) is 0 Å². The fraction of sp³-hybridized carbons (Fsp3) is 0.836. The van der Waals surface area contributed by atoms with E-state index in [4.69, 9.17) is 23.7 Å². The summed E-state index contributed by atoms with van der Waals surface area (Å²) in [6.45, 7) is 5.96. The average molecular weight is 1030 g/mol. The van der Waals surface area contributed by atoms with E-state index in [-0.39, 0.29) is 25.9 Å². The maximum atomic E-state index is 13.1. The number of rotatable bonds is 51. The molecule has 6 unspecified atom stereocenters. The van der Waals surface area contributed by atoms with E-state index in [1.54, 1.807) is 0 Å². The van der Waals surface area contributed by atoms with Crippen molar-refractivity contribution in [3.05, 3.63) is 36.5 Å². The minimum absolute atomic E-state index is 0.0629. The predicted molar refractivity (Wildman–Crippen MR) is 294 cm³/mol. The normalized spacial score (nSPS) is 18.5. The van der Waals surface area contributed by atoms with Crippen LogP contribution in [0.2, 0.25) is 0 Å². The first-order valence-corrected chi connectivity index (χ1v) is 30.0. The van der Waals surface area contributed by atoms with Crippen LogP contribution in [-0.2, 0) is 42.9 Å². The maximum Gasteiger partial charge on any atom is 0.335 e. The van der Waals surface area contributed by atoms with Crippen molar-refractivity contribution in [2.24, 2.45) is 0 Å². The molecule has 0 aromatic heterocycles. The van der Waals surface area contributed by atoms with Crippen molar-refractivity contribution in [1.29, 1.82) is 0 Å². The molecule has 1 fully saturated rings. The van der Waals surface area contributed by atoms with Crippen molar-refractivity contribution in [2.75, 3.05) is 13.2 Å². The molecule has 6 atom stereocenters. The zero-order valence-corrected chi connectivity index (χ0v) is 46.6. The molecule has 0 aromatic carbocycles. The lowest BCUT2D eigenvalue weighted by Gasteiger charge is -2.40. The van der Waals surface area contributed by atoms with Gasteiger partial charge in [-0.1, -0.05) is 218 Å². The lowest BCUT2D eigenvalue weighted by atomic mass is 9.98. The first-order chi connectivity index (χ1) is 35.6. The molecule has 1 saturated heterocycles. The number of allylic oxidation sites excluding steroid dienone is 6. The minimum Gasteiger partial charge on any atom is -0.479 e. The molecule has 0 bridgehead atoms. The highest BCUT2D eigenvalue weighted by molar-refractivity contribution is 5.74. The summed E-state index contributed by atoms with van der Waals surface area (Å²) < 4.78 is 28.4. The second-order valence-electron chi connectivity index (χ2n) is 20.6. The zero-order chi connectivity index (χ0) is 53.3. The number of aliphatic carboxylic acids is 1. The second-order valence-corrected chi connectivity index (χ2v) is 20.6. The van der Waals surface area contributed by atoms with E-state index in [9.17, 15) is 34.5 Å². The van der Waals surface area contributed by atoms with E-state index in [2.05, 4.69) is 57.2 Å². The molecule has 424 valence electrons. The Kier molecular flexibility index (Phi) is 46.4. The first kappa shape index (κ1) is 68.0. The highest BCUT2D eigenvalue weighted by Crippen LogP contribution is 2.26. The Morgan fingerprint density at radius 2 is 0.822 bits per heavy atom. The van der Waals surface area contributed by atoms with Crippen molar-refractivity contribution in [1.82, 2.24) is 0 Å². The number of esters is 3. The molecule has 0 saturated carbocycles. The molecule has 0 amide bonds. The Balaban J connectivity index is 2.70. The topological polar surface area (TPSA) is 175 Å². The lowest BCUT2D eigenvalue weighted by Crippen LogP contribution is -2.61. The van der Waals surface area contributed by atoms with E-state index in [1.165, 1.54) is 109 Å². The molecule has 1 heterocycles. The van der Waals surface area contributed by atoms with Crippen molar-refractivity contribution < 1.29 is 58.2 Å². The maximum absolute atomic E-state index is 13.1. The van der Waals surface area contributed by atoms with Gasteiger partial charge in [0.25, 0.3) is 0 Å². The van der Waals surface area contributed by atoms with Crippen molar-refractivity contribution in [3.8, 4) is 0 Å². The van der Waals surface area contributed by atoms with Gasteiger partial charge in [0.15, 0.2) is 24.6 Å². The molecular weight excluding hydrogens is 925 g/mol. The van der Waals surface area contributed by atoms with E-state index in [1.807, 2.05) is 0 Å². The van der Waals surface area contributed by atoms with Crippen molar-refractivity contribution in [2.45, 2.75) is 314 Å². The van der Waals surface area contributed by atoms with Gasteiger partial charge >= 0.3 is 23.9 Å². The van der Waals surface area contributed by atoms with Gasteiger partial charge in [0.2, 0.25) is 0 Å². The second kappa shape index (κ2) is 49.8. The van der Waals surface area contributed by atoms with Gasteiger partial charge in [-0.3, -0.25) is 14.4 Å². The number of unbranched alkanes of at least 4 members (excludes halogenated alkanes) is 31. The van der Waals surface area contributed by atoms with Gasteiger partial charge in [-0.05, 0) is 77.0 Å². The zero-order valence-electron chi connectivity index (χ0n) is 46.6. The van der Waals surface area contributed by atoms with Crippen LogP contribution in [0.4, 0.5) is 0 Å². The summed E-state index contributed by atoms with van der Waals surface area (Å²) in [6.07, 6.45) is 45.4. The molecule has 0 spiro atoms. The van der Waals surface area contributed by atoms with Gasteiger partial charge in [0.05, 0.1) is 6.61 Å². The number of carbonyl (C=O) groups excluding carboxylic acids is 3. The van der Waals surface area contributed by atoms with E-state index < -0.39 is 67.3 Å². The molecule has 1 aliphatic rings.